The molecule has 4 heteroatoms. The molecule has 2 aromatic carbocycles. The van der Waals surface area contributed by atoms with Crippen molar-refractivity contribution in [1.29, 1.82) is 0 Å². The van der Waals surface area contributed by atoms with E-state index in [1.165, 1.54) is 0 Å². The number of anilines is 1. The average molecular weight is 325 g/mol. The van der Waals surface area contributed by atoms with Gasteiger partial charge in [-0.05, 0) is 68.7 Å². The van der Waals surface area contributed by atoms with Crippen LogP contribution in [0, 0.1) is 20.8 Å². The Labute approximate surface area is 142 Å². The number of hydrogen-bond acceptors (Lipinski definition) is 4. The molecule has 0 aromatic heterocycles. The van der Waals surface area contributed by atoms with Crippen LogP contribution in [0.15, 0.2) is 30.3 Å². The lowest BCUT2D eigenvalue weighted by Gasteiger charge is -2.36. The lowest BCUT2D eigenvalue weighted by molar-refractivity contribution is 0.0183. The van der Waals surface area contributed by atoms with Crippen LogP contribution in [0.5, 0.6) is 11.5 Å². The van der Waals surface area contributed by atoms with Gasteiger partial charge in [0.1, 0.15) is 23.7 Å². The maximum atomic E-state index is 12.7. The molecule has 126 valence electrons. The number of ether oxygens (including phenoxy) is 2. The van der Waals surface area contributed by atoms with Gasteiger partial charge in [-0.2, -0.15) is 0 Å². The predicted molar refractivity (Wildman–Crippen MR) is 95.0 cm³/mol. The summed E-state index contributed by atoms with van der Waals surface area (Å²) in [6.07, 6.45) is 0.304. The Morgan fingerprint density at radius 1 is 1.17 bits per heavy atom. The first-order chi connectivity index (χ1) is 11.3. The minimum absolute atomic E-state index is 0.111. The number of aryl methyl sites for hydroxylation is 2. The first-order valence-electron chi connectivity index (χ1n) is 8.10. The smallest absolute Gasteiger partial charge is 0.170 e. The molecule has 2 aromatic rings. The average Bonchev–Trinajstić information content (AvgIpc) is 2.51. The van der Waals surface area contributed by atoms with Gasteiger partial charge in [0.2, 0.25) is 0 Å². The second-order valence-electron chi connectivity index (χ2n) is 6.85. The van der Waals surface area contributed by atoms with Crippen LogP contribution >= 0.6 is 0 Å². The van der Waals surface area contributed by atoms with Crippen LogP contribution in [0.3, 0.4) is 0 Å². The summed E-state index contributed by atoms with van der Waals surface area (Å²) in [4.78, 5) is 12.7. The van der Waals surface area contributed by atoms with Gasteiger partial charge in [-0.3, -0.25) is 4.79 Å². The lowest BCUT2D eigenvalue weighted by Crippen LogP contribution is -2.44. The van der Waals surface area contributed by atoms with E-state index in [9.17, 15) is 4.79 Å². The van der Waals surface area contributed by atoms with Crippen LogP contribution in [-0.4, -0.2) is 18.0 Å². The number of benzene rings is 2. The van der Waals surface area contributed by atoms with E-state index in [1.807, 2.05) is 45.9 Å². The molecule has 0 saturated heterocycles. The van der Waals surface area contributed by atoms with Crippen molar-refractivity contribution in [2.75, 3.05) is 12.3 Å². The Bertz CT molecular complexity index is 796. The third-order valence-corrected chi connectivity index (χ3v) is 4.57. The fraction of sp³-hybridized carbons (Fsp3) is 0.350. The molecule has 2 N–H and O–H groups in total. The maximum Gasteiger partial charge on any atom is 0.170 e. The number of ketones is 1. The van der Waals surface area contributed by atoms with Crippen LogP contribution < -0.4 is 15.2 Å². The number of nitrogens with two attached hydrogens (primary N) is 1. The van der Waals surface area contributed by atoms with E-state index in [2.05, 4.69) is 0 Å². The van der Waals surface area contributed by atoms with E-state index < -0.39 is 5.60 Å². The summed E-state index contributed by atoms with van der Waals surface area (Å²) in [6, 6.07) is 9.25. The van der Waals surface area contributed by atoms with Crippen molar-refractivity contribution in [2.45, 2.75) is 39.7 Å². The van der Waals surface area contributed by atoms with Crippen LogP contribution in [0.1, 0.15) is 40.4 Å². The van der Waals surface area contributed by atoms with Gasteiger partial charge in [-0.25, -0.2) is 0 Å². The molecule has 1 aliphatic heterocycles. The molecule has 0 bridgehead atoms. The molecule has 0 fully saturated rings. The Kier molecular flexibility index (Phi) is 3.99. The summed E-state index contributed by atoms with van der Waals surface area (Å²) in [6.45, 7) is 8.21. The molecule has 1 aliphatic rings. The largest absolute Gasteiger partial charge is 0.489 e. The standard InChI is InChI=1S/C20H23NO3/c1-12-9-13(2)18-17(22)10-20(4,24-19(18)14(12)3)11-23-16-7-5-15(21)6-8-16/h5-9H,10-11,21H2,1-4H3. The molecule has 0 amide bonds. The van der Waals surface area contributed by atoms with E-state index in [0.717, 1.165) is 16.7 Å². The molecule has 0 radical (unpaired) electrons. The van der Waals surface area contributed by atoms with E-state index >= 15 is 0 Å². The Morgan fingerprint density at radius 2 is 1.83 bits per heavy atom. The predicted octanol–water partition coefficient (Wildman–Crippen LogP) is 4.00. The number of carbonyl (C=O) groups excluding carboxylic acids is 1. The molecule has 1 atom stereocenters. The van der Waals surface area contributed by atoms with Crippen molar-refractivity contribution < 1.29 is 14.3 Å². The second-order valence-corrected chi connectivity index (χ2v) is 6.85. The minimum Gasteiger partial charge on any atom is -0.489 e. The number of hydrogen-bond donors (Lipinski definition) is 1. The van der Waals surface area contributed by atoms with Gasteiger partial charge in [-0.15, -0.1) is 0 Å². The van der Waals surface area contributed by atoms with Crippen molar-refractivity contribution in [3.05, 3.63) is 52.6 Å². The summed E-state index contributed by atoms with van der Waals surface area (Å²) < 4.78 is 12.1. The van der Waals surface area contributed by atoms with Gasteiger partial charge in [-0.1, -0.05) is 6.07 Å². The Hall–Kier alpha value is -2.49. The molecular weight excluding hydrogens is 302 g/mol. The quantitative estimate of drug-likeness (QED) is 0.867. The van der Waals surface area contributed by atoms with E-state index in [4.69, 9.17) is 15.2 Å². The van der Waals surface area contributed by atoms with Crippen molar-refractivity contribution in [2.24, 2.45) is 0 Å². The summed E-state index contributed by atoms with van der Waals surface area (Å²) in [5, 5.41) is 0. The van der Waals surface area contributed by atoms with Gasteiger partial charge >= 0.3 is 0 Å². The molecule has 0 aliphatic carbocycles. The van der Waals surface area contributed by atoms with Crippen molar-refractivity contribution in [3.63, 3.8) is 0 Å². The number of carbonyl (C=O) groups is 1. The minimum atomic E-state index is -0.684. The fourth-order valence-electron chi connectivity index (χ4n) is 3.12. The normalized spacial score (nSPS) is 19.6. The highest BCUT2D eigenvalue weighted by molar-refractivity contribution is 6.02. The highest BCUT2D eigenvalue weighted by Crippen LogP contribution is 2.39. The molecule has 0 spiro atoms. The van der Waals surface area contributed by atoms with Crippen LogP contribution in [0.4, 0.5) is 5.69 Å². The van der Waals surface area contributed by atoms with Crippen molar-refractivity contribution in [1.82, 2.24) is 0 Å². The number of rotatable bonds is 3. The molecule has 3 rings (SSSR count). The number of fused-ring (bicyclic) bond motifs is 1. The van der Waals surface area contributed by atoms with Crippen molar-refractivity contribution >= 4 is 11.5 Å². The first-order valence-corrected chi connectivity index (χ1v) is 8.10. The van der Waals surface area contributed by atoms with Gasteiger partial charge in [0, 0.05) is 5.69 Å². The zero-order chi connectivity index (χ0) is 17.5. The Morgan fingerprint density at radius 3 is 2.50 bits per heavy atom. The zero-order valence-electron chi connectivity index (χ0n) is 14.6. The van der Waals surface area contributed by atoms with Gasteiger partial charge in [0.15, 0.2) is 5.78 Å². The van der Waals surface area contributed by atoms with Gasteiger partial charge in [0.25, 0.3) is 0 Å². The van der Waals surface area contributed by atoms with Gasteiger partial charge in [0.05, 0.1) is 12.0 Å². The number of Topliss-reactive ketones (excluding diaryl/α,β-unsaturated/α-hetero) is 1. The molecule has 4 nitrogen and oxygen atoms in total. The summed E-state index contributed by atoms with van der Waals surface area (Å²) >= 11 is 0. The first kappa shape index (κ1) is 16.4. The van der Waals surface area contributed by atoms with E-state index in [1.54, 1.807) is 12.1 Å². The maximum absolute atomic E-state index is 12.7. The topological polar surface area (TPSA) is 61.6 Å². The molecular formula is C20H23NO3. The van der Waals surface area contributed by atoms with Crippen LogP contribution in [-0.2, 0) is 0 Å². The number of nitrogen functional groups attached to an aromatic ring is 1. The molecule has 1 heterocycles. The SMILES string of the molecule is Cc1cc(C)c2c(c1C)OC(C)(COc1ccc(N)cc1)CC2=O. The van der Waals surface area contributed by atoms with Crippen LogP contribution in [0.25, 0.3) is 0 Å². The van der Waals surface area contributed by atoms with Crippen LogP contribution in [0.2, 0.25) is 0 Å². The van der Waals surface area contributed by atoms with Crippen molar-refractivity contribution in [3.8, 4) is 11.5 Å². The molecule has 24 heavy (non-hydrogen) atoms. The lowest BCUT2D eigenvalue weighted by atomic mass is 9.87. The monoisotopic (exact) mass is 325 g/mol. The highest BCUT2D eigenvalue weighted by atomic mass is 16.5. The summed E-state index contributed by atoms with van der Waals surface area (Å²) in [5.41, 5.74) is 9.51. The van der Waals surface area contributed by atoms with E-state index in [-0.39, 0.29) is 5.78 Å². The molecule has 1 unspecified atom stereocenters. The Balaban J connectivity index is 1.86. The zero-order valence-corrected chi connectivity index (χ0v) is 14.6. The summed E-state index contributed by atoms with van der Waals surface area (Å²) in [5.74, 6) is 1.52. The third kappa shape index (κ3) is 2.96. The second kappa shape index (κ2) is 5.86. The molecule has 0 saturated carbocycles. The third-order valence-electron chi connectivity index (χ3n) is 4.57. The highest BCUT2D eigenvalue weighted by Gasteiger charge is 2.39. The fourth-order valence-corrected chi connectivity index (χ4v) is 3.12. The summed E-state index contributed by atoms with van der Waals surface area (Å²) in [7, 11) is 0. The van der Waals surface area contributed by atoms with Gasteiger partial charge < -0.3 is 15.2 Å². The van der Waals surface area contributed by atoms with E-state index in [0.29, 0.717) is 35.8 Å².